The molecule has 118 valence electrons. The Morgan fingerprint density at radius 2 is 1.86 bits per heavy atom. The van der Waals surface area contributed by atoms with Crippen LogP contribution in [0.25, 0.3) is 0 Å². The quantitative estimate of drug-likeness (QED) is 0.353. The Morgan fingerprint density at radius 3 is 2.52 bits per heavy atom. The summed E-state index contributed by atoms with van der Waals surface area (Å²) >= 11 is 6.20. The van der Waals surface area contributed by atoms with Crippen LogP contribution >= 0.6 is 11.6 Å². The number of rotatable bonds is 11. The van der Waals surface area contributed by atoms with Crippen molar-refractivity contribution < 1.29 is 4.74 Å². The minimum absolute atomic E-state index is 0.637. The van der Waals surface area contributed by atoms with E-state index in [0.29, 0.717) is 5.02 Å². The van der Waals surface area contributed by atoms with Crippen molar-refractivity contribution in [2.24, 2.45) is 5.10 Å². The van der Waals surface area contributed by atoms with Crippen LogP contribution < -0.4 is 10.2 Å². The van der Waals surface area contributed by atoms with Crippen LogP contribution in [-0.4, -0.2) is 19.9 Å². The zero-order valence-electron chi connectivity index (χ0n) is 13.2. The van der Waals surface area contributed by atoms with Crippen LogP contribution in [-0.2, 0) is 0 Å². The number of ether oxygens (including phenoxy) is 1. The summed E-state index contributed by atoms with van der Waals surface area (Å²) in [6.45, 7) is 2.98. The summed E-state index contributed by atoms with van der Waals surface area (Å²) in [5.41, 5.74) is 3.67. The largest absolute Gasteiger partial charge is 0.492 e. The first kappa shape index (κ1) is 17.8. The fourth-order valence-electron chi connectivity index (χ4n) is 2.09. The molecular weight excluding hydrogens is 284 g/mol. The smallest absolute Gasteiger partial charge is 0.137 e. The second kappa shape index (κ2) is 11.4. The topological polar surface area (TPSA) is 33.6 Å². The van der Waals surface area contributed by atoms with E-state index in [1.165, 1.54) is 38.5 Å². The highest BCUT2D eigenvalue weighted by Gasteiger charge is 2.02. The maximum Gasteiger partial charge on any atom is 0.137 e. The number of hydrogen-bond donors (Lipinski definition) is 1. The number of unbranched alkanes of at least 4 members (excludes halogenated alkanes) is 6. The molecule has 21 heavy (non-hydrogen) atoms. The van der Waals surface area contributed by atoms with Gasteiger partial charge in [0, 0.05) is 7.05 Å². The molecule has 0 aliphatic carbocycles. The first-order chi connectivity index (χ1) is 10.3. The molecule has 0 amide bonds. The summed E-state index contributed by atoms with van der Waals surface area (Å²) in [6.07, 6.45) is 10.7. The molecule has 0 atom stereocenters. The van der Waals surface area contributed by atoms with Crippen molar-refractivity contribution in [3.63, 3.8) is 0 Å². The van der Waals surface area contributed by atoms with Gasteiger partial charge in [-0.25, -0.2) is 0 Å². The fraction of sp³-hybridized carbons (Fsp3) is 0.588. The summed E-state index contributed by atoms with van der Waals surface area (Å²) in [5, 5.41) is 4.59. The first-order valence-electron chi connectivity index (χ1n) is 7.90. The molecule has 0 radical (unpaired) electrons. The van der Waals surface area contributed by atoms with Crippen molar-refractivity contribution in [3.05, 3.63) is 28.8 Å². The van der Waals surface area contributed by atoms with Crippen LogP contribution in [0.2, 0.25) is 5.02 Å². The molecule has 1 N–H and O–H groups in total. The second-order valence-corrected chi connectivity index (χ2v) is 5.55. The van der Waals surface area contributed by atoms with E-state index in [-0.39, 0.29) is 0 Å². The summed E-state index contributed by atoms with van der Waals surface area (Å²) in [6, 6.07) is 5.72. The van der Waals surface area contributed by atoms with Crippen LogP contribution in [0.5, 0.6) is 5.75 Å². The van der Waals surface area contributed by atoms with Crippen molar-refractivity contribution in [2.45, 2.75) is 51.9 Å². The van der Waals surface area contributed by atoms with E-state index in [1.54, 1.807) is 13.3 Å². The van der Waals surface area contributed by atoms with E-state index in [1.807, 2.05) is 18.2 Å². The molecule has 0 saturated carbocycles. The molecule has 0 heterocycles. The number of benzene rings is 1. The molecule has 0 bridgehead atoms. The molecule has 0 aromatic heterocycles. The molecule has 0 aliphatic rings. The van der Waals surface area contributed by atoms with Gasteiger partial charge >= 0.3 is 0 Å². The third-order valence-electron chi connectivity index (χ3n) is 3.30. The third kappa shape index (κ3) is 7.96. The van der Waals surface area contributed by atoms with Crippen LogP contribution in [0.3, 0.4) is 0 Å². The average molecular weight is 311 g/mol. The van der Waals surface area contributed by atoms with Crippen molar-refractivity contribution in [1.29, 1.82) is 0 Å². The Labute approximate surface area is 133 Å². The van der Waals surface area contributed by atoms with E-state index >= 15 is 0 Å². The van der Waals surface area contributed by atoms with Crippen LogP contribution in [0, 0.1) is 0 Å². The van der Waals surface area contributed by atoms with E-state index in [4.69, 9.17) is 16.3 Å². The van der Waals surface area contributed by atoms with Crippen molar-refractivity contribution in [3.8, 4) is 5.75 Å². The number of hydrazone groups is 1. The Bertz CT molecular complexity index is 421. The Morgan fingerprint density at radius 1 is 1.14 bits per heavy atom. The summed E-state index contributed by atoms with van der Waals surface area (Å²) in [5.74, 6) is 0.754. The molecular formula is C17H27ClN2O. The van der Waals surface area contributed by atoms with Crippen LogP contribution in [0.1, 0.15) is 57.4 Å². The maximum absolute atomic E-state index is 6.20. The molecule has 1 rings (SSSR count). The van der Waals surface area contributed by atoms with Crippen LogP contribution in [0.15, 0.2) is 23.3 Å². The fourth-order valence-corrected chi connectivity index (χ4v) is 2.34. The van der Waals surface area contributed by atoms with Crippen molar-refractivity contribution in [2.75, 3.05) is 13.7 Å². The summed E-state index contributed by atoms with van der Waals surface area (Å²) < 4.78 is 5.73. The van der Waals surface area contributed by atoms with Gasteiger partial charge in [-0.05, 0) is 30.2 Å². The molecule has 4 heteroatoms. The maximum atomic E-state index is 6.20. The molecule has 0 aliphatic heterocycles. The predicted octanol–water partition coefficient (Wildman–Crippen LogP) is 5.02. The van der Waals surface area contributed by atoms with Gasteiger partial charge in [0.25, 0.3) is 0 Å². The van der Waals surface area contributed by atoms with Crippen molar-refractivity contribution in [1.82, 2.24) is 5.43 Å². The number of nitrogens with zero attached hydrogens (tertiary/aromatic N) is 1. The van der Waals surface area contributed by atoms with Gasteiger partial charge in [0.15, 0.2) is 0 Å². The zero-order valence-corrected chi connectivity index (χ0v) is 14.0. The summed E-state index contributed by atoms with van der Waals surface area (Å²) in [4.78, 5) is 0. The Hall–Kier alpha value is -1.22. The lowest BCUT2D eigenvalue weighted by Gasteiger charge is -2.08. The Balaban J connectivity index is 2.21. The number of hydrogen-bond acceptors (Lipinski definition) is 3. The van der Waals surface area contributed by atoms with Crippen LogP contribution in [0.4, 0.5) is 0 Å². The molecule has 1 aromatic rings. The molecule has 3 nitrogen and oxygen atoms in total. The van der Waals surface area contributed by atoms with Gasteiger partial charge in [-0.15, -0.1) is 0 Å². The average Bonchev–Trinajstić information content (AvgIpc) is 2.49. The highest BCUT2D eigenvalue weighted by Crippen LogP contribution is 2.25. The second-order valence-electron chi connectivity index (χ2n) is 5.14. The van der Waals surface area contributed by atoms with E-state index in [0.717, 1.165) is 24.3 Å². The molecule has 0 unspecified atom stereocenters. The highest BCUT2D eigenvalue weighted by atomic mass is 35.5. The third-order valence-corrected chi connectivity index (χ3v) is 3.60. The zero-order chi connectivity index (χ0) is 15.3. The molecule has 1 aromatic carbocycles. The van der Waals surface area contributed by atoms with Gasteiger partial charge in [-0.3, -0.25) is 0 Å². The van der Waals surface area contributed by atoms with Gasteiger partial charge in [0.2, 0.25) is 0 Å². The van der Waals surface area contributed by atoms with E-state index in [2.05, 4.69) is 17.5 Å². The molecule has 0 spiro atoms. The monoisotopic (exact) mass is 310 g/mol. The number of halogens is 1. The lowest BCUT2D eigenvalue weighted by molar-refractivity contribution is 0.304. The standard InChI is InChI=1S/C17H27ClN2O/c1-3-4-5-6-7-8-9-12-21-17-11-10-15(13-16(17)18)14-20-19-2/h10-11,13-14,19H,3-9,12H2,1-2H3/b20-14+. The van der Waals surface area contributed by atoms with E-state index in [9.17, 15) is 0 Å². The minimum Gasteiger partial charge on any atom is -0.492 e. The lowest BCUT2D eigenvalue weighted by Crippen LogP contribution is -1.99. The Kier molecular flexibility index (Phi) is 9.71. The minimum atomic E-state index is 0.637. The molecule has 0 saturated heterocycles. The van der Waals surface area contributed by atoms with E-state index < -0.39 is 0 Å². The SMILES string of the molecule is CCCCCCCCCOc1ccc(/C=N/NC)cc1Cl. The van der Waals surface area contributed by atoms with Crippen molar-refractivity contribution >= 4 is 17.8 Å². The summed E-state index contributed by atoms with van der Waals surface area (Å²) in [7, 11) is 1.76. The highest BCUT2D eigenvalue weighted by molar-refractivity contribution is 6.32. The lowest BCUT2D eigenvalue weighted by atomic mass is 10.1. The van der Waals surface area contributed by atoms with Gasteiger partial charge in [0.05, 0.1) is 17.8 Å². The van der Waals surface area contributed by atoms with Gasteiger partial charge in [-0.1, -0.05) is 57.0 Å². The molecule has 0 fully saturated rings. The van der Waals surface area contributed by atoms with Gasteiger partial charge in [0.1, 0.15) is 5.75 Å². The predicted molar refractivity (Wildman–Crippen MR) is 91.6 cm³/mol. The normalized spacial score (nSPS) is 11.0. The first-order valence-corrected chi connectivity index (χ1v) is 8.28. The van der Waals surface area contributed by atoms with Gasteiger partial charge < -0.3 is 10.2 Å². The van der Waals surface area contributed by atoms with Gasteiger partial charge in [-0.2, -0.15) is 5.10 Å². The number of nitrogens with one attached hydrogen (secondary N) is 1.